The number of hydrazine groups is 1. The van der Waals surface area contributed by atoms with Gasteiger partial charge in [0.05, 0.1) is 5.56 Å². The maximum atomic E-state index is 13.6. The van der Waals surface area contributed by atoms with Crippen molar-refractivity contribution in [3.8, 4) is 0 Å². The van der Waals surface area contributed by atoms with Gasteiger partial charge in [-0.1, -0.05) is 34.1 Å². The molecule has 2 aromatic rings. The highest BCUT2D eigenvalue weighted by Crippen LogP contribution is 2.15. The standard InChI is InChI=1S/C16H12BrFN2O4/c17-11-6-7-12(13(18)8-11)16(23)24-9-14(21)19-20-15(22)10-4-2-1-3-5-10/h1-8H,9H2,(H,19,21)(H,20,22). The highest BCUT2D eigenvalue weighted by Gasteiger charge is 2.15. The lowest BCUT2D eigenvalue weighted by Gasteiger charge is -2.08. The Hall–Kier alpha value is -2.74. The fraction of sp³-hybridized carbons (Fsp3) is 0.0625. The van der Waals surface area contributed by atoms with Crippen LogP contribution >= 0.6 is 15.9 Å². The summed E-state index contributed by atoms with van der Waals surface area (Å²) in [4.78, 5) is 34.9. The van der Waals surface area contributed by atoms with E-state index in [-0.39, 0.29) is 5.56 Å². The molecule has 0 fully saturated rings. The molecule has 0 aliphatic carbocycles. The predicted octanol–water partition coefficient (Wildman–Crippen LogP) is 2.21. The monoisotopic (exact) mass is 394 g/mol. The molecule has 0 aromatic heterocycles. The fourth-order valence-corrected chi connectivity index (χ4v) is 2.02. The number of nitrogens with one attached hydrogen (secondary N) is 2. The molecule has 2 amide bonds. The molecule has 0 aliphatic heterocycles. The van der Waals surface area contributed by atoms with E-state index in [4.69, 9.17) is 4.74 Å². The van der Waals surface area contributed by atoms with Crippen molar-refractivity contribution in [2.75, 3.05) is 6.61 Å². The van der Waals surface area contributed by atoms with Crippen LogP contribution in [0.3, 0.4) is 0 Å². The molecule has 0 unspecified atom stereocenters. The van der Waals surface area contributed by atoms with Gasteiger partial charge in [-0.25, -0.2) is 9.18 Å². The second-order valence-corrected chi connectivity index (χ2v) is 5.48. The zero-order valence-electron chi connectivity index (χ0n) is 12.2. The average Bonchev–Trinajstić information content (AvgIpc) is 2.58. The Morgan fingerprint density at radius 2 is 1.75 bits per heavy atom. The summed E-state index contributed by atoms with van der Waals surface area (Å²) in [6.45, 7) is -0.663. The fourth-order valence-electron chi connectivity index (χ4n) is 1.69. The number of rotatable bonds is 4. The molecule has 0 saturated carbocycles. The molecule has 0 radical (unpaired) electrons. The third kappa shape index (κ3) is 4.88. The number of amides is 2. The largest absolute Gasteiger partial charge is 0.452 e. The van der Waals surface area contributed by atoms with Gasteiger partial charge in [0.15, 0.2) is 6.61 Å². The third-order valence-electron chi connectivity index (χ3n) is 2.84. The summed E-state index contributed by atoms with van der Waals surface area (Å²) in [5, 5.41) is 0. The molecule has 2 aromatic carbocycles. The summed E-state index contributed by atoms with van der Waals surface area (Å²) in [5.74, 6) is -3.03. The van der Waals surface area contributed by atoms with Crippen LogP contribution in [-0.2, 0) is 9.53 Å². The molecule has 0 bridgehead atoms. The van der Waals surface area contributed by atoms with Crippen LogP contribution in [0.25, 0.3) is 0 Å². The van der Waals surface area contributed by atoms with Gasteiger partial charge in [-0.2, -0.15) is 0 Å². The van der Waals surface area contributed by atoms with E-state index in [1.165, 1.54) is 12.1 Å². The molecule has 0 spiro atoms. The molecule has 24 heavy (non-hydrogen) atoms. The molecule has 0 aliphatic rings. The van der Waals surface area contributed by atoms with Crippen LogP contribution in [0.1, 0.15) is 20.7 Å². The van der Waals surface area contributed by atoms with Crippen molar-refractivity contribution in [3.63, 3.8) is 0 Å². The summed E-state index contributed by atoms with van der Waals surface area (Å²) >= 11 is 3.06. The molecule has 0 atom stereocenters. The van der Waals surface area contributed by atoms with Gasteiger partial charge in [-0.15, -0.1) is 0 Å². The van der Waals surface area contributed by atoms with E-state index < -0.39 is 30.2 Å². The zero-order valence-corrected chi connectivity index (χ0v) is 13.8. The first-order valence-corrected chi connectivity index (χ1v) is 7.53. The minimum atomic E-state index is -0.982. The summed E-state index contributed by atoms with van der Waals surface area (Å²) in [7, 11) is 0. The number of esters is 1. The lowest BCUT2D eigenvalue weighted by Crippen LogP contribution is -2.43. The molecule has 2 rings (SSSR count). The first kappa shape index (κ1) is 17.6. The van der Waals surface area contributed by atoms with Gasteiger partial charge in [-0.05, 0) is 30.3 Å². The number of hydrogen-bond acceptors (Lipinski definition) is 4. The summed E-state index contributed by atoms with van der Waals surface area (Å²) < 4.78 is 18.7. The number of halogens is 2. The first-order chi connectivity index (χ1) is 11.5. The highest BCUT2D eigenvalue weighted by molar-refractivity contribution is 9.10. The summed E-state index contributed by atoms with van der Waals surface area (Å²) in [6, 6.07) is 12.0. The van der Waals surface area contributed by atoms with Crippen molar-refractivity contribution in [2.45, 2.75) is 0 Å². The molecule has 6 nitrogen and oxygen atoms in total. The molecule has 124 valence electrons. The Morgan fingerprint density at radius 3 is 2.42 bits per heavy atom. The van der Waals surface area contributed by atoms with Gasteiger partial charge in [0, 0.05) is 10.0 Å². The number of hydrogen-bond donors (Lipinski definition) is 2. The lowest BCUT2D eigenvalue weighted by atomic mass is 10.2. The van der Waals surface area contributed by atoms with Crippen molar-refractivity contribution >= 4 is 33.7 Å². The van der Waals surface area contributed by atoms with Gasteiger partial charge in [0.2, 0.25) is 0 Å². The van der Waals surface area contributed by atoms with E-state index in [0.29, 0.717) is 10.0 Å². The van der Waals surface area contributed by atoms with E-state index in [0.717, 1.165) is 6.07 Å². The number of ether oxygens (including phenoxy) is 1. The van der Waals surface area contributed by atoms with Gasteiger partial charge >= 0.3 is 5.97 Å². The van der Waals surface area contributed by atoms with Crippen LogP contribution in [0, 0.1) is 5.82 Å². The Morgan fingerprint density at radius 1 is 1.04 bits per heavy atom. The lowest BCUT2D eigenvalue weighted by molar-refractivity contribution is -0.125. The first-order valence-electron chi connectivity index (χ1n) is 6.74. The smallest absolute Gasteiger partial charge is 0.341 e. The van der Waals surface area contributed by atoms with Crippen molar-refractivity contribution in [3.05, 3.63) is 69.9 Å². The van der Waals surface area contributed by atoms with Crippen molar-refractivity contribution in [1.29, 1.82) is 0 Å². The Labute approximate surface area is 145 Å². The van der Waals surface area contributed by atoms with Crippen LogP contribution in [-0.4, -0.2) is 24.4 Å². The van der Waals surface area contributed by atoms with Gasteiger partial charge in [-0.3, -0.25) is 20.4 Å². The minimum Gasteiger partial charge on any atom is -0.452 e. The average molecular weight is 395 g/mol. The zero-order chi connectivity index (χ0) is 17.5. The molecule has 8 heteroatoms. The summed E-state index contributed by atoms with van der Waals surface area (Å²) in [6.07, 6.45) is 0. The SMILES string of the molecule is O=C(COC(=O)c1ccc(Br)cc1F)NNC(=O)c1ccccc1. The molecule has 0 saturated heterocycles. The molecule has 2 N–H and O–H groups in total. The van der Waals surface area contributed by atoms with E-state index in [1.54, 1.807) is 30.3 Å². The van der Waals surface area contributed by atoms with Gasteiger partial charge in [0.1, 0.15) is 5.82 Å². The van der Waals surface area contributed by atoms with Crippen molar-refractivity contribution in [2.24, 2.45) is 0 Å². The van der Waals surface area contributed by atoms with Crippen LogP contribution in [0.2, 0.25) is 0 Å². The van der Waals surface area contributed by atoms with E-state index in [1.807, 2.05) is 0 Å². The molecule has 0 heterocycles. The number of carbonyl (C=O) groups is 3. The maximum Gasteiger partial charge on any atom is 0.341 e. The Balaban J connectivity index is 1.80. The Bertz CT molecular complexity index is 768. The highest BCUT2D eigenvalue weighted by atomic mass is 79.9. The van der Waals surface area contributed by atoms with Crippen LogP contribution in [0.15, 0.2) is 53.0 Å². The van der Waals surface area contributed by atoms with Gasteiger partial charge < -0.3 is 4.74 Å². The Kier molecular flexibility index (Phi) is 6.02. The second kappa shape index (κ2) is 8.21. The van der Waals surface area contributed by atoms with Gasteiger partial charge in [0.25, 0.3) is 11.8 Å². The normalized spacial score (nSPS) is 9.92. The maximum absolute atomic E-state index is 13.6. The van der Waals surface area contributed by atoms with E-state index in [2.05, 4.69) is 26.8 Å². The van der Waals surface area contributed by atoms with E-state index >= 15 is 0 Å². The topological polar surface area (TPSA) is 84.5 Å². The minimum absolute atomic E-state index is 0.292. The van der Waals surface area contributed by atoms with Crippen molar-refractivity contribution in [1.82, 2.24) is 10.9 Å². The predicted molar refractivity (Wildman–Crippen MR) is 86.4 cm³/mol. The quantitative estimate of drug-likeness (QED) is 0.614. The molecular weight excluding hydrogens is 383 g/mol. The third-order valence-corrected chi connectivity index (χ3v) is 3.33. The van der Waals surface area contributed by atoms with E-state index in [9.17, 15) is 18.8 Å². The van der Waals surface area contributed by atoms with Crippen LogP contribution in [0.5, 0.6) is 0 Å². The van der Waals surface area contributed by atoms with Crippen molar-refractivity contribution < 1.29 is 23.5 Å². The van der Waals surface area contributed by atoms with Crippen LogP contribution < -0.4 is 10.9 Å². The van der Waals surface area contributed by atoms with Crippen LogP contribution in [0.4, 0.5) is 4.39 Å². The number of carbonyl (C=O) groups excluding carboxylic acids is 3. The molecular formula is C16H12BrFN2O4. The second-order valence-electron chi connectivity index (χ2n) is 4.57. The summed E-state index contributed by atoms with van der Waals surface area (Å²) in [5.41, 5.74) is 4.33. The number of benzene rings is 2.